The Morgan fingerprint density at radius 3 is 2.18 bits per heavy atom. The molecule has 0 fully saturated rings. The number of nitrogens with zero attached hydrogens (tertiary/aromatic N) is 1. The van der Waals surface area contributed by atoms with Crippen LogP contribution >= 0.6 is 0 Å². The minimum Gasteiger partial charge on any atom is -0.504 e. The summed E-state index contributed by atoms with van der Waals surface area (Å²) in [5, 5.41) is 20.3. The maximum atomic E-state index is 13.2. The van der Waals surface area contributed by atoms with Crippen LogP contribution < -0.4 is 5.73 Å². The molecule has 1 aliphatic carbocycles. The first kappa shape index (κ1) is 24.3. The van der Waals surface area contributed by atoms with Gasteiger partial charge in [0, 0.05) is 5.57 Å². The monoisotopic (exact) mass is 448 g/mol. The van der Waals surface area contributed by atoms with Gasteiger partial charge >= 0.3 is 0 Å². The van der Waals surface area contributed by atoms with Crippen LogP contribution in [0.4, 0.5) is 0 Å². The van der Waals surface area contributed by atoms with E-state index in [0.29, 0.717) is 18.4 Å². The summed E-state index contributed by atoms with van der Waals surface area (Å²) in [6, 6.07) is 10.9. The number of nitriles is 1. The average molecular weight is 449 g/mol. The molecule has 0 aromatic heterocycles. The SMILES string of the molecule is CCCCCCCCCCCC1=C(O)C(=O)C2=C(OC(N)=C(C#N)C2c2ccccc2)C1=O. The molecule has 6 nitrogen and oxygen atoms in total. The number of allylic oxidation sites excluding steroid dienone is 3. The third-order valence-electron chi connectivity index (χ3n) is 6.31. The highest BCUT2D eigenvalue weighted by atomic mass is 16.5. The number of benzene rings is 1. The first-order chi connectivity index (χ1) is 16.0. The Bertz CT molecular complexity index is 1030. The number of unbranched alkanes of at least 4 members (excludes halogenated alkanes) is 8. The van der Waals surface area contributed by atoms with Crippen LogP contribution in [0.3, 0.4) is 0 Å². The van der Waals surface area contributed by atoms with Crippen LogP contribution in [0, 0.1) is 11.3 Å². The molecule has 0 spiro atoms. The van der Waals surface area contributed by atoms with Crippen LogP contribution in [-0.4, -0.2) is 16.7 Å². The summed E-state index contributed by atoms with van der Waals surface area (Å²) in [7, 11) is 0. The lowest BCUT2D eigenvalue weighted by Gasteiger charge is -2.30. The fourth-order valence-corrected chi connectivity index (χ4v) is 4.49. The van der Waals surface area contributed by atoms with Gasteiger partial charge in [-0.2, -0.15) is 5.26 Å². The molecule has 1 aromatic rings. The number of hydrogen-bond donors (Lipinski definition) is 2. The van der Waals surface area contributed by atoms with Crippen molar-refractivity contribution in [1.82, 2.24) is 0 Å². The highest BCUT2D eigenvalue weighted by molar-refractivity contribution is 6.24. The Hall–Kier alpha value is -3.33. The van der Waals surface area contributed by atoms with Crippen molar-refractivity contribution in [3.63, 3.8) is 0 Å². The van der Waals surface area contributed by atoms with E-state index in [1.165, 1.54) is 32.1 Å². The van der Waals surface area contributed by atoms with Gasteiger partial charge in [-0.25, -0.2) is 0 Å². The fourth-order valence-electron chi connectivity index (χ4n) is 4.49. The number of hydrogen-bond acceptors (Lipinski definition) is 6. The first-order valence-corrected chi connectivity index (χ1v) is 11.9. The van der Waals surface area contributed by atoms with Crippen molar-refractivity contribution < 1.29 is 19.4 Å². The Kier molecular flexibility index (Phi) is 8.48. The second-order valence-corrected chi connectivity index (χ2v) is 8.64. The molecular weight excluding hydrogens is 416 g/mol. The van der Waals surface area contributed by atoms with Gasteiger partial charge < -0.3 is 15.6 Å². The van der Waals surface area contributed by atoms with Gasteiger partial charge in [0.2, 0.25) is 17.4 Å². The minimum atomic E-state index is -0.854. The predicted octanol–water partition coefficient (Wildman–Crippen LogP) is 5.63. The van der Waals surface area contributed by atoms with Crippen molar-refractivity contribution in [3.8, 4) is 6.07 Å². The van der Waals surface area contributed by atoms with Gasteiger partial charge in [0.25, 0.3) is 0 Å². The van der Waals surface area contributed by atoms with E-state index in [-0.39, 0.29) is 28.4 Å². The molecule has 0 saturated carbocycles. The van der Waals surface area contributed by atoms with E-state index in [2.05, 4.69) is 6.92 Å². The van der Waals surface area contributed by atoms with Crippen LogP contribution in [-0.2, 0) is 14.3 Å². The summed E-state index contributed by atoms with van der Waals surface area (Å²) in [4.78, 5) is 26.3. The van der Waals surface area contributed by atoms with E-state index in [4.69, 9.17) is 10.5 Å². The maximum Gasteiger partial charge on any atom is 0.228 e. The molecular formula is C27H32N2O4. The molecule has 1 atom stereocenters. The normalized spacial score (nSPS) is 18.4. The lowest BCUT2D eigenvalue weighted by Crippen LogP contribution is -2.33. The molecule has 6 heteroatoms. The number of aliphatic hydroxyl groups excluding tert-OH is 1. The highest BCUT2D eigenvalue weighted by Crippen LogP contribution is 2.43. The quantitative estimate of drug-likeness (QED) is 0.335. The second kappa shape index (κ2) is 11.5. The molecule has 0 bridgehead atoms. The topological polar surface area (TPSA) is 113 Å². The zero-order chi connectivity index (χ0) is 23.8. The van der Waals surface area contributed by atoms with E-state index < -0.39 is 23.2 Å². The molecule has 0 radical (unpaired) electrons. The Morgan fingerprint density at radius 2 is 1.58 bits per heavy atom. The number of nitrogens with two attached hydrogens (primary N) is 1. The van der Waals surface area contributed by atoms with E-state index in [9.17, 15) is 20.0 Å². The Morgan fingerprint density at radius 1 is 0.970 bits per heavy atom. The summed E-state index contributed by atoms with van der Waals surface area (Å²) in [6.07, 6.45) is 10.4. The first-order valence-electron chi connectivity index (χ1n) is 11.9. The van der Waals surface area contributed by atoms with Crippen molar-refractivity contribution >= 4 is 11.6 Å². The largest absolute Gasteiger partial charge is 0.504 e. The molecule has 2 aliphatic rings. The van der Waals surface area contributed by atoms with Crippen LogP contribution in [0.1, 0.15) is 82.6 Å². The third-order valence-corrected chi connectivity index (χ3v) is 6.31. The number of aliphatic hydroxyl groups is 1. The van der Waals surface area contributed by atoms with Gasteiger partial charge in [0.15, 0.2) is 11.5 Å². The number of ketones is 2. The molecule has 33 heavy (non-hydrogen) atoms. The van der Waals surface area contributed by atoms with Gasteiger partial charge in [-0.05, 0) is 18.4 Å². The molecule has 1 aliphatic heterocycles. The lowest BCUT2D eigenvalue weighted by molar-refractivity contribution is -0.120. The van der Waals surface area contributed by atoms with Crippen molar-refractivity contribution in [2.24, 2.45) is 5.73 Å². The van der Waals surface area contributed by atoms with E-state index in [0.717, 1.165) is 19.3 Å². The predicted molar refractivity (Wildman–Crippen MR) is 126 cm³/mol. The second-order valence-electron chi connectivity index (χ2n) is 8.64. The number of carbonyl (C=O) groups is 2. The van der Waals surface area contributed by atoms with Gasteiger partial charge in [-0.1, -0.05) is 88.6 Å². The molecule has 1 unspecified atom stereocenters. The molecule has 3 rings (SSSR count). The standard InChI is InChI=1S/C27H32N2O4/c1-2-3-4-5-6-7-8-9-13-16-19-23(30)25(32)22-21(18-14-11-10-12-15-18)20(17-28)27(29)33-26(22)24(19)31/h10-12,14-15,21,30H,2-9,13,16,29H2,1H3. The van der Waals surface area contributed by atoms with Crippen molar-refractivity contribution in [2.75, 3.05) is 0 Å². The summed E-state index contributed by atoms with van der Waals surface area (Å²) in [5.74, 6) is -2.95. The molecule has 0 saturated heterocycles. The van der Waals surface area contributed by atoms with Gasteiger partial charge in [-0.15, -0.1) is 0 Å². The van der Waals surface area contributed by atoms with Gasteiger partial charge in [0.1, 0.15) is 11.6 Å². The fraction of sp³-hybridized carbons (Fsp3) is 0.444. The molecule has 174 valence electrons. The van der Waals surface area contributed by atoms with E-state index >= 15 is 0 Å². The highest BCUT2D eigenvalue weighted by Gasteiger charge is 2.44. The number of Topliss-reactive ketones (excluding diaryl/α,β-unsaturated/α-hetero) is 2. The number of ether oxygens (including phenoxy) is 1. The molecule has 1 aromatic carbocycles. The summed E-state index contributed by atoms with van der Waals surface area (Å²) < 4.78 is 5.50. The van der Waals surface area contributed by atoms with Crippen LogP contribution in [0.2, 0.25) is 0 Å². The summed E-state index contributed by atoms with van der Waals surface area (Å²) in [6.45, 7) is 2.20. The van der Waals surface area contributed by atoms with Crippen LogP contribution in [0.5, 0.6) is 0 Å². The van der Waals surface area contributed by atoms with Crippen LogP contribution in [0.15, 0.2) is 64.5 Å². The summed E-state index contributed by atoms with van der Waals surface area (Å²) in [5.41, 5.74) is 6.70. The van der Waals surface area contributed by atoms with E-state index in [1.54, 1.807) is 24.3 Å². The average Bonchev–Trinajstić information content (AvgIpc) is 2.83. The van der Waals surface area contributed by atoms with Gasteiger partial charge in [0.05, 0.1) is 11.5 Å². The molecule has 3 N–H and O–H groups in total. The molecule has 1 heterocycles. The molecule has 0 amide bonds. The number of rotatable bonds is 11. The van der Waals surface area contributed by atoms with Crippen LogP contribution in [0.25, 0.3) is 0 Å². The zero-order valence-corrected chi connectivity index (χ0v) is 19.2. The van der Waals surface area contributed by atoms with Crippen molar-refractivity contribution in [3.05, 3.63) is 70.0 Å². The Labute approximate surface area is 195 Å². The Balaban J connectivity index is 1.71. The maximum absolute atomic E-state index is 13.2. The third kappa shape index (κ3) is 5.36. The lowest BCUT2D eigenvalue weighted by atomic mass is 9.76. The van der Waals surface area contributed by atoms with Crippen molar-refractivity contribution in [1.29, 1.82) is 5.26 Å². The smallest absolute Gasteiger partial charge is 0.228 e. The zero-order valence-electron chi connectivity index (χ0n) is 19.2. The summed E-state index contributed by atoms with van der Waals surface area (Å²) >= 11 is 0. The number of carbonyl (C=O) groups excluding carboxylic acids is 2. The van der Waals surface area contributed by atoms with Gasteiger partial charge in [-0.3, -0.25) is 9.59 Å². The van der Waals surface area contributed by atoms with E-state index in [1.807, 2.05) is 12.1 Å². The minimum absolute atomic E-state index is 0.0229. The van der Waals surface area contributed by atoms with Crippen molar-refractivity contribution in [2.45, 2.75) is 77.0 Å².